The van der Waals surface area contributed by atoms with E-state index in [2.05, 4.69) is 20.5 Å². The van der Waals surface area contributed by atoms with Crippen molar-refractivity contribution in [3.05, 3.63) is 12.1 Å². The first-order valence-electron chi connectivity index (χ1n) is 6.10. The topological polar surface area (TPSA) is 89.9 Å². The van der Waals surface area contributed by atoms with Gasteiger partial charge in [-0.25, -0.2) is 0 Å². The van der Waals surface area contributed by atoms with Gasteiger partial charge in [-0.05, 0) is 25.7 Å². The fourth-order valence-electron chi connectivity index (χ4n) is 1.38. The van der Waals surface area contributed by atoms with Crippen LogP contribution >= 0.6 is 0 Å². The van der Waals surface area contributed by atoms with Gasteiger partial charge < -0.3 is 10.2 Å². The van der Waals surface area contributed by atoms with Crippen molar-refractivity contribution in [3.8, 4) is 11.5 Å². The van der Waals surface area contributed by atoms with Gasteiger partial charge in [0.1, 0.15) is 22.9 Å². The molecule has 18 heavy (non-hydrogen) atoms. The Hall–Kier alpha value is -1.98. The molecule has 3 rings (SSSR count). The lowest BCUT2D eigenvalue weighted by molar-refractivity contribution is 0.451. The van der Waals surface area contributed by atoms with Crippen LogP contribution in [0.3, 0.4) is 0 Å². The van der Waals surface area contributed by atoms with Gasteiger partial charge in [-0.3, -0.25) is 0 Å². The molecule has 0 radical (unpaired) electrons. The minimum atomic E-state index is -0.0951. The van der Waals surface area contributed by atoms with Gasteiger partial charge in [0.15, 0.2) is 0 Å². The van der Waals surface area contributed by atoms with Gasteiger partial charge in [0.2, 0.25) is 0 Å². The number of rotatable bonds is 4. The molecule has 2 aliphatic rings. The highest BCUT2D eigenvalue weighted by molar-refractivity contribution is 5.65. The van der Waals surface area contributed by atoms with Crippen LogP contribution in [0.25, 0.3) is 0 Å². The fraction of sp³-hybridized carbons (Fsp3) is 0.500. The molecule has 94 valence electrons. The summed E-state index contributed by atoms with van der Waals surface area (Å²) in [6.45, 7) is 0. The third kappa shape index (κ3) is 2.64. The number of hydrogen-bond acceptors (Lipinski definition) is 6. The van der Waals surface area contributed by atoms with E-state index in [0.717, 1.165) is 25.7 Å². The van der Waals surface area contributed by atoms with E-state index in [-0.39, 0.29) is 23.6 Å². The Morgan fingerprint density at radius 1 is 0.778 bits per heavy atom. The smallest absolute Gasteiger partial charge is 0.146 e. The molecule has 0 heterocycles. The molecule has 0 unspecified atom stereocenters. The predicted octanol–water partition coefficient (Wildman–Crippen LogP) is 3.59. The molecular formula is C12H14N4O2. The number of hydrogen-bond donors (Lipinski definition) is 2. The molecule has 0 amide bonds. The second kappa shape index (κ2) is 4.36. The summed E-state index contributed by atoms with van der Waals surface area (Å²) in [7, 11) is 0. The Morgan fingerprint density at radius 2 is 1.22 bits per heavy atom. The van der Waals surface area contributed by atoms with E-state index in [1.165, 1.54) is 12.1 Å². The van der Waals surface area contributed by atoms with Gasteiger partial charge in [-0.15, -0.1) is 0 Å². The van der Waals surface area contributed by atoms with Gasteiger partial charge in [0.25, 0.3) is 0 Å². The van der Waals surface area contributed by atoms with E-state index >= 15 is 0 Å². The average Bonchev–Trinajstić information content (AvgIpc) is 3.21. The van der Waals surface area contributed by atoms with Crippen LogP contribution < -0.4 is 0 Å². The zero-order valence-corrected chi connectivity index (χ0v) is 9.82. The summed E-state index contributed by atoms with van der Waals surface area (Å²) in [6, 6.07) is 3.30. The van der Waals surface area contributed by atoms with E-state index in [9.17, 15) is 10.2 Å². The third-order valence-electron chi connectivity index (χ3n) is 2.82. The highest BCUT2D eigenvalue weighted by Crippen LogP contribution is 2.40. The zero-order chi connectivity index (χ0) is 12.5. The molecule has 2 aliphatic carbocycles. The van der Waals surface area contributed by atoms with Crippen LogP contribution in [0.4, 0.5) is 11.4 Å². The first-order chi connectivity index (χ1) is 8.72. The summed E-state index contributed by atoms with van der Waals surface area (Å²) >= 11 is 0. The van der Waals surface area contributed by atoms with Crippen molar-refractivity contribution >= 4 is 11.4 Å². The standard InChI is InChI=1S/C12H14N4O2/c17-11-6-12(18)10(16-14-8-3-4-8)5-9(11)15-13-7-1-2-7/h5-8,17-18H,1-4H2. The maximum absolute atomic E-state index is 9.65. The second-order valence-corrected chi connectivity index (χ2v) is 4.72. The molecule has 0 saturated heterocycles. The number of nitrogens with zero attached hydrogens (tertiary/aromatic N) is 4. The normalized spacial score (nSPS) is 20.0. The SMILES string of the molecule is Oc1cc(O)c(N=NC2CC2)cc1N=NC1CC1. The number of benzene rings is 1. The number of phenolic OH excluding ortho intramolecular Hbond substituents is 2. The molecule has 0 aromatic heterocycles. The minimum absolute atomic E-state index is 0.0951. The van der Waals surface area contributed by atoms with Gasteiger partial charge in [-0.1, -0.05) is 0 Å². The van der Waals surface area contributed by atoms with Crippen molar-refractivity contribution in [1.29, 1.82) is 0 Å². The lowest BCUT2D eigenvalue weighted by Crippen LogP contribution is -1.75. The molecule has 0 atom stereocenters. The molecular weight excluding hydrogens is 232 g/mol. The van der Waals surface area contributed by atoms with Gasteiger partial charge in [-0.2, -0.15) is 20.5 Å². The minimum Gasteiger partial charge on any atom is -0.505 e. The maximum atomic E-state index is 9.65. The lowest BCUT2D eigenvalue weighted by Gasteiger charge is -2.02. The molecule has 0 aliphatic heterocycles. The first-order valence-corrected chi connectivity index (χ1v) is 6.10. The third-order valence-corrected chi connectivity index (χ3v) is 2.82. The zero-order valence-electron chi connectivity index (χ0n) is 9.82. The first kappa shape index (κ1) is 11.1. The second-order valence-electron chi connectivity index (χ2n) is 4.72. The van der Waals surface area contributed by atoms with E-state index in [4.69, 9.17) is 0 Å². The van der Waals surface area contributed by atoms with Crippen LogP contribution in [-0.4, -0.2) is 22.3 Å². The van der Waals surface area contributed by atoms with E-state index in [1.807, 2.05) is 0 Å². The molecule has 6 nitrogen and oxygen atoms in total. The van der Waals surface area contributed by atoms with Crippen LogP contribution in [0.5, 0.6) is 11.5 Å². The lowest BCUT2D eigenvalue weighted by atomic mass is 10.2. The molecule has 1 aromatic carbocycles. The molecule has 2 fully saturated rings. The molecule has 6 heteroatoms. The average molecular weight is 246 g/mol. The molecule has 2 N–H and O–H groups in total. The number of aromatic hydroxyl groups is 2. The Bertz CT molecular complexity index is 476. The van der Waals surface area contributed by atoms with Crippen molar-refractivity contribution in [2.24, 2.45) is 20.5 Å². The molecule has 0 bridgehead atoms. The van der Waals surface area contributed by atoms with Crippen LogP contribution in [0.1, 0.15) is 25.7 Å². The van der Waals surface area contributed by atoms with Crippen molar-refractivity contribution in [2.75, 3.05) is 0 Å². The van der Waals surface area contributed by atoms with Crippen molar-refractivity contribution in [3.63, 3.8) is 0 Å². The predicted molar refractivity (Wildman–Crippen MR) is 64.8 cm³/mol. The van der Waals surface area contributed by atoms with Crippen LogP contribution in [-0.2, 0) is 0 Å². The quantitative estimate of drug-likeness (QED) is 0.795. The number of phenols is 2. The monoisotopic (exact) mass is 246 g/mol. The maximum Gasteiger partial charge on any atom is 0.146 e. The Balaban J connectivity index is 1.85. The van der Waals surface area contributed by atoms with Crippen LogP contribution in [0.2, 0.25) is 0 Å². The fourth-order valence-corrected chi connectivity index (χ4v) is 1.38. The molecule has 1 aromatic rings. The summed E-state index contributed by atoms with van der Waals surface area (Å²) in [6.07, 6.45) is 4.21. The van der Waals surface area contributed by atoms with Crippen molar-refractivity contribution in [1.82, 2.24) is 0 Å². The van der Waals surface area contributed by atoms with Crippen molar-refractivity contribution in [2.45, 2.75) is 37.8 Å². The molecule has 2 saturated carbocycles. The van der Waals surface area contributed by atoms with Crippen LogP contribution in [0, 0.1) is 0 Å². The largest absolute Gasteiger partial charge is 0.505 e. The Kier molecular flexibility index (Phi) is 2.70. The van der Waals surface area contributed by atoms with Gasteiger partial charge in [0, 0.05) is 12.1 Å². The summed E-state index contributed by atoms with van der Waals surface area (Å²) < 4.78 is 0. The van der Waals surface area contributed by atoms with Crippen molar-refractivity contribution < 1.29 is 10.2 Å². The van der Waals surface area contributed by atoms with E-state index in [1.54, 1.807) is 0 Å². The highest BCUT2D eigenvalue weighted by atomic mass is 16.3. The van der Waals surface area contributed by atoms with Gasteiger partial charge >= 0.3 is 0 Å². The summed E-state index contributed by atoms with van der Waals surface area (Å²) in [5.74, 6) is -0.190. The number of azo groups is 2. The van der Waals surface area contributed by atoms with Crippen LogP contribution in [0.15, 0.2) is 32.6 Å². The summed E-state index contributed by atoms with van der Waals surface area (Å²) in [5.41, 5.74) is 0.647. The highest BCUT2D eigenvalue weighted by Gasteiger charge is 2.21. The van der Waals surface area contributed by atoms with Gasteiger partial charge in [0.05, 0.1) is 12.1 Å². The summed E-state index contributed by atoms with van der Waals surface area (Å²) in [4.78, 5) is 0. The summed E-state index contributed by atoms with van der Waals surface area (Å²) in [5, 5.41) is 35.4. The molecule has 0 spiro atoms. The Morgan fingerprint density at radius 3 is 1.61 bits per heavy atom. The van der Waals surface area contributed by atoms with E-state index < -0.39 is 0 Å². The van der Waals surface area contributed by atoms with E-state index in [0.29, 0.717) is 11.4 Å². The Labute approximate surface area is 104 Å².